The number of hydrogen-bond acceptors (Lipinski definition) is 4. The molecule has 1 atom stereocenters. The van der Waals surface area contributed by atoms with E-state index in [4.69, 9.17) is 16.3 Å². The highest BCUT2D eigenvalue weighted by atomic mass is 35.5. The highest BCUT2D eigenvalue weighted by Crippen LogP contribution is 2.33. The molecule has 2 aromatic rings. The average molecular weight is 308 g/mol. The second-order valence-corrected chi connectivity index (χ2v) is 5.33. The third kappa shape index (κ3) is 2.41. The zero-order valence-corrected chi connectivity index (χ0v) is 12.2. The Labute approximate surface area is 126 Å². The Morgan fingerprint density at radius 1 is 1.52 bits per heavy atom. The summed E-state index contributed by atoms with van der Waals surface area (Å²) in [5.74, 6) is -1.11. The van der Waals surface area contributed by atoms with Crippen LogP contribution in [0.15, 0.2) is 18.2 Å². The molecule has 6 nitrogen and oxygen atoms in total. The van der Waals surface area contributed by atoms with Crippen LogP contribution in [0.5, 0.6) is 0 Å². The first kappa shape index (κ1) is 14.0. The average Bonchev–Trinajstić information content (AvgIpc) is 3.09. The van der Waals surface area contributed by atoms with E-state index in [1.54, 1.807) is 12.1 Å². The van der Waals surface area contributed by atoms with Crippen molar-refractivity contribution in [3.63, 3.8) is 0 Å². The fourth-order valence-corrected chi connectivity index (χ4v) is 2.70. The van der Waals surface area contributed by atoms with Crippen LogP contribution in [-0.2, 0) is 4.74 Å². The molecule has 1 saturated heterocycles. The second-order valence-electron chi connectivity index (χ2n) is 4.93. The van der Waals surface area contributed by atoms with E-state index in [0.717, 1.165) is 18.4 Å². The van der Waals surface area contributed by atoms with Crippen molar-refractivity contribution < 1.29 is 14.6 Å². The van der Waals surface area contributed by atoms with E-state index in [1.165, 1.54) is 4.68 Å². The fourth-order valence-electron chi connectivity index (χ4n) is 2.53. The van der Waals surface area contributed by atoms with Gasteiger partial charge < -0.3 is 9.84 Å². The van der Waals surface area contributed by atoms with Gasteiger partial charge in [0.25, 0.3) is 0 Å². The first-order valence-corrected chi connectivity index (χ1v) is 7.03. The predicted octanol–water partition coefficient (Wildman–Crippen LogP) is 2.78. The number of hydrogen-bond donors (Lipinski definition) is 1. The maximum absolute atomic E-state index is 11.4. The van der Waals surface area contributed by atoms with Gasteiger partial charge in [0, 0.05) is 11.6 Å². The molecule has 1 aromatic heterocycles. The van der Waals surface area contributed by atoms with Crippen molar-refractivity contribution in [2.75, 3.05) is 6.61 Å². The molecule has 1 unspecified atom stereocenters. The van der Waals surface area contributed by atoms with E-state index in [-0.39, 0.29) is 11.8 Å². The van der Waals surface area contributed by atoms with E-state index >= 15 is 0 Å². The van der Waals surface area contributed by atoms with Crippen molar-refractivity contribution >= 4 is 17.6 Å². The SMILES string of the molecule is Cc1c(Cl)cccc1-n1nnc(C(=O)O)c1C1CCCO1. The van der Waals surface area contributed by atoms with Crippen LogP contribution in [0.3, 0.4) is 0 Å². The third-order valence-electron chi connectivity index (χ3n) is 3.61. The van der Waals surface area contributed by atoms with Gasteiger partial charge in [0.15, 0.2) is 5.69 Å². The Kier molecular flexibility index (Phi) is 3.65. The summed E-state index contributed by atoms with van der Waals surface area (Å²) in [5.41, 5.74) is 1.94. The predicted molar refractivity (Wildman–Crippen MR) is 76.0 cm³/mol. The van der Waals surface area contributed by atoms with E-state index in [9.17, 15) is 9.90 Å². The topological polar surface area (TPSA) is 77.2 Å². The molecule has 0 saturated carbocycles. The zero-order valence-electron chi connectivity index (χ0n) is 11.4. The summed E-state index contributed by atoms with van der Waals surface area (Å²) in [4.78, 5) is 11.4. The molecule has 1 aromatic carbocycles. The molecular formula is C14H14ClN3O3. The number of ether oxygens (including phenoxy) is 1. The molecule has 1 aliphatic rings. The number of nitrogens with zero attached hydrogens (tertiary/aromatic N) is 3. The van der Waals surface area contributed by atoms with Crippen molar-refractivity contribution in [3.05, 3.63) is 40.2 Å². The summed E-state index contributed by atoms with van der Waals surface area (Å²) in [6.45, 7) is 2.47. The van der Waals surface area contributed by atoms with Gasteiger partial charge in [-0.3, -0.25) is 0 Å². The number of halogens is 1. The van der Waals surface area contributed by atoms with Gasteiger partial charge in [-0.2, -0.15) is 0 Å². The van der Waals surface area contributed by atoms with Crippen molar-refractivity contribution in [2.45, 2.75) is 25.9 Å². The van der Waals surface area contributed by atoms with Crippen LogP contribution in [0, 0.1) is 6.92 Å². The number of carboxylic acids is 1. The minimum absolute atomic E-state index is 0.0683. The summed E-state index contributed by atoms with van der Waals surface area (Å²) in [5, 5.41) is 17.7. The minimum atomic E-state index is -1.11. The monoisotopic (exact) mass is 307 g/mol. The quantitative estimate of drug-likeness (QED) is 0.943. The van der Waals surface area contributed by atoms with Gasteiger partial charge in [-0.25, -0.2) is 9.48 Å². The third-order valence-corrected chi connectivity index (χ3v) is 4.02. The zero-order chi connectivity index (χ0) is 15.0. The Morgan fingerprint density at radius 3 is 3.00 bits per heavy atom. The molecule has 0 radical (unpaired) electrons. The lowest BCUT2D eigenvalue weighted by Gasteiger charge is -2.14. The molecule has 3 rings (SSSR count). The Hall–Kier alpha value is -1.92. The maximum atomic E-state index is 11.4. The molecule has 2 heterocycles. The number of rotatable bonds is 3. The summed E-state index contributed by atoms with van der Waals surface area (Å²) < 4.78 is 7.15. The van der Waals surface area contributed by atoms with E-state index in [1.807, 2.05) is 13.0 Å². The summed E-state index contributed by atoms with van der Waals surface area (Å²) in [6, 6.07) is 5.41. The van der Waals surface area contributed by atoms with Crippen LogP contribution in [-0.4, -0.2) is 32.7 Å². The van der Waals surface area contributed by atoms with Crippen molar-refractivity contribution in [3.8, 4) is 5.69 Å². The van der Waals surface area contributed by atoms with Gasteiger partial charge in [0.05, 0.1) is 5.69 Å². The number of aromatic nitrogens is 3. The molecule has 1 aliphatic heterocycles. The molecule has 7 heteroatoms. The molecular weight excluding hydrogens is 294 g/mol. The van der Waals surface area contributed by atoms with Crippen LogP contribution in [0.4, 0.5) is 0 Å². The van der Waals surface area contributed by atoms with Crippen LogP contribution < -0.4 is 0 Å². The Bertz CT molecular complexity index is 693. The van der Waals surface area contributed by atoms with Crippen molar-refractivity contribution in [1.82, 2.24) is 15.0 Å². The van der Waals surface area contributed by atoms with Gasteiger partial charge in [0.1, 0.15) is 11.8 Å². The van der Waals surface area contributed by atoms with Crippen LogP contribution in [0.25, 0.3) is 5.69 Å². The summed E-state index contributed by atoms with van der Waals surface area (Å²) in [7, 11) is 0. The lowest BCUT2D eigenvalue weighted by Crippen LogP contribution is -2.12. The molecule has 110 valence electrons. The van der Waals surface area contributed by atoms with Gasteiger partial charge in [-0.15, -0.1) is 5.10 Å². The van der Waals surface area contributed by atoms with E-state index in [0.29, 0.717) is 23.0 Å². The van der Waals surface area contributed by atoms with E-state index < -0.39 is 5.97 Å². The van der Waals surface area contributed by atoms with Crippen LogP contribution in [0.1, 0.15) is 40.7 Å². The largest absolute Gasteiger partial charge is 0.476 e. The smallest absolute Gasteiger partial charge is 0.358 e. The lowest BCUT2D eigenvalue weighted by molar-refractivity contribution is 0.0673. The number of benzene rings is 1. The fraction of sp³-hybridized carbons (Fsp3) is 0.357. The first-order valence-electron chi connectivity index (χ1n) is 6.65. The van der Waals surface area contributed by atoms with E-state index in [2.05, 4.69) is 10.3 Å². The normalized spacial score (nSPS) is 18.1. The number of aromatic carboxylic acids is 1. The van der Waals surface area contributed by atoms with Gasteiger partial charge in [-0.05, 0) is 37.5 Å². The molecule has 0 spiro atoms. The van der Waals surface area contributed by atoms with Crippen molar-refractivity contribution in [1.29, 1.82) is 0 Å². The number of carboxylic acid groups (broad SMARTS) is 1. The lowest BCUT2D eigenvalue weighted by atomic mass is 10.1. The first-order chi connectivity index (χ1) is 10.1. The van der Waals surface area contributed by atoms with Crippen molar-refractivity contribution in [2.24, 2.45) is 0 Å². The minimum Gasteiger partial charge on any atom is -0.476 e. The molecule has 0 aliphatic carbocycles. The summed E-state index contributed by atoms with van der Waals surface area (Å²) in [6.07, 6.45) is 1.35. The Balaban J connectivity index is 2.18. The molecule has 1 N–H and O–H groups in total. The Morgan fingerprint density at radius 2 is 2.33 bits per heavy atom. The highest BCUT2D eigenvalue weighted by Gasteiger charge is 2.30. The standard InChI is InChI=1S/C14H14ClN3O3/c1-8-9(15)4-2-5-10(8)18-13(11-6-3-7-21-11)12(14(19)20)16-17-18/h2,4-5,11H,3,6-7H2,1H3,(H,19,20). The second kappa shape index (κ2) is 5.46. The highest BCUT2D eigenvalue weighted by molar-refractivity contribution is 6.31. The summed E-state index contributed by atoms with van der Waals surface area (Å²) >= 11 is 6.14. The van der Waals surface area contributed by atoms with Gasteiger partial charge in [0.2, 0.25) is 0 Å². The molecule has 0 amide bonds. The maximum Gasteiger partial charge on any atom is 0.358 e. The van der Waals surface area contributed by atoms with Gasteiger partial charge >= 0.3 is 5.97 Å². The van der Waals surface area contributed by atoms with Crippen LogP contribution in [0.2, 0.25) is 5.02 Å². The molecule has 1 fully saturated rings. The molecule has 21 heavy (non-hydrogen) atoms. The van der Waals surface area contributed by atoms with Gasteiger partial charge in [-0.1, -0.05) is 22.9 Å². The number of carbonyl (C=O) groups is 1. The van der Waals surface area contributed by atoms with Crippen LogP contribution >= 0.6 is 11.6 Å². The molecule has 0 bridgehead atoms.